The predicted molar refractivity (Wildman–Crippen MR) is 74.6 cm³/mol. The second-order valence-corrected chi connectivity index (χ2v) is 6.85. The van der Waals surface area contributed by atoms with Crippen molar-refractivity contribution < 1.29 is 4.74 Å². The lowest BCUT2D eigenvalue weighted by Crippen LogP contribution is -2.31. The van der Waals surface area contributed by atoms with Crippen LogP contribution in [0, 0.1) is 17.8 Å². The van der Waals surface area contributed by atoms with Gasteiger partial charge >= 0.3 is 0 Å². The predicted octanol–water partition coefficient (Wildman–Crippen LogP) is 3.31. The first-order valence-electron chi connectivity index (χ1n) is 8.15. The molecular weight excluding hydrogens is 222 g/mol. The highest BCUT2D eigenvalue weighted by Gasteiger charge is 2.41. The zero-order valence-corrected chi connectivity index (χ0v) is 11.9. The van der Waals surface area contributed by atoms with Gasteiger partial charge in [-0.1, -0.05) is 32.1 Å². The van der Waals surface area contributed by atoms with Crippen molar-refractivity contribution in [2.45, 2.75) is 57.5 Å². The normalized spacial score (nSPS) is 43.2. The second kappa shape index (κ2) is 5.92. The monoisotopic (exact) mass is 251 g/mol. The minimum atomic E-state index is 0.588. The highest BCUT2D eigenvalue weighted by molar-refractivity contribution is 4.92. The maximum atomic E-state index is 6.25. The van der Waals surface area contributed by atoms with Crippen LogP contribution in [0.1, 0.15) is 51.4 Å². The molecule has 0 bridgehead atoms. The third kappa shape index (κ3) is 2.75. The van der Waals surface area contributed by atoms with E-state index in [0.29, 0.717) is 6.10 Å². The van der Waals surface area contributed by atoms with Crippen molar-refractivity contribution in [3.05, 3.63) is 0 Å². The average molecular weight is 251 g/mol. The highest BCUT2D eigenvalue weighted by Crippen LogP contribution is 2.41. The fourth-order valence-corrected chi connectivity index (χ4v) is 4.63. The molecule has 0 spiro atoms. The molecule has 0 amide bonds. The molecule has 4 unspecified atom stereocenters. The summed E-state index contributed by atoms with van der Waals surface area (Å²) in [5.41, 5.74) is 0. The van der Waals surface area contributed by atoms with Crippen LogP contribution in [-0.2, 0) is 4.74 Å². The summed E-state index contributed by atoms with van der Waals surface area (Å²) in [7, 11) is 2.31. The first kappa shape index (κ1) is 12.9. The summed E-state index contributed by atoms with van der Waals surface area (Å²) in [5.74, 6) is 2.71. The Morgan fingerprint density at radius 1 is 0.833 bits per heavy atom. The van der Waals surface area contributed by atoms with Crippen LogP contribution in [0.3, 0.4) is 0 Å². The van der Waals surface area contributed by atoms with Gasteiger partial charge < -0.3 is 9.64 Å². The molecule has 2 nitrogen and oxygen atoms in total. The summed E-state index contributed by atoms with van der Waals surface area (Å²) in [6, 6.07) is 0. The molecule has 0 aromatic heterocycles. The number of ether oxygens (including phenoxy) is 1. The van der Waals surface area contributed by atoms with Crippen LogP contribution >= 0.6 is 0 Å². The first-order chi connectivity index (χ1) is 8.84. The molecule has 2 aliphatic heterocycles. The maximum absolute atomic E-state index is 6.25. The summed E-state index contributed by atoms with van der Waals surface area (Å²) >= 11 is 0. The largest absolute Gasteiger partial charge is 0.378 e. The molecule has 0 aromatic carbocycles. The molecule has 104 valence electrons. The number of hydrogen-bond acceptors (Lipinski definition) is 2. The van der Waals surface area contributed by atoms with E-state index in [1.807, 2.05) is 0 Å². The lowest BCUT2D eigenvalue weighted by atomic mass is 9.77. The van der Waals surface area contributed by atoms with Gasteiger partial charge in [-0.15, -0.1) is 0 Å². The Balaban J connectivity index is 1.74. The van der Waals surface area contributed by atoms with E-state index in [-0.39, 0.29) is 0 Å². The maximum Gasteiger partial charge on any atom is 0.0606 e. The van der Waals surface area contributed by atoms with Gasteiger partial charge in [-0.2, -0.15) is 0 Å². The Morgan fingerprint density at radius 3 is 2.50 bits per heavy atom. The fourth-order valence-electron chi connectivity index (χ4n) is 4.63. The molecular formula is C16H29NO. The minimum absolute atomic E-state index is 0.588. The number of likely N-dealkylation sites (tertiary alicyclic amines) is 1. The summed E-state index contributed by atoms with van der Waals surface area (Å²) in [6.45, 7) is 3.67. The van der Waals surface area contributed by atoms with E-state index < -0.39 is 0 Å². The Kier molecular flexibility index (Phi) is 4.25. The summed E-state index contributed by atoms with van der Waals surface area (Å²) in [6.07, 6.45) is 11.8. The van der Waals surface area contributed by atoms with Gasteiger partial charge in [0.2, 0.25) is 0 Å². The summed E-state index contributed by atoms with van der Waals surface area (Å²) in [5, 5.41) is 0. The zero-order valence-electron chi connectivity index (χ0n) is 11.9. The van der Waals surface area contributed by atoms with Gasteiger partial charge in [0.05, 0.1) is 6.10 Å². The van der Waals surface area contributed by atoms with Crippen molar-refractivity contribution in [1.82, 2.24) is 4.90 Å². The van der Waals surface area contributed by atoms with Crippen LogP contribution in [0.2, 0.25) is 0 Å². The van der Waals surface area contributed by atoms with Crippen molar-refractivity contribution >= 4 is 0 Å². The van der Waals surface area contributed by atoms with E-state index in [9.17, 15) is 0 Å². The number of fused-ring (bicyclic) bond motifs is 3. The molecule has 18 heavy (non-hydrogen) atoms. The quantitative estimate of drug-likeness (QED) is 0.655. The van der Waals surface area contributed by atoms with Gasteiger partial charge in [0.25, 0.3) is 0 Å². The molecule has 1 aliphatic carbocycles. The minimum Gasteiger partial charge on any atom is -0.378 e. The molecule has 0 aromatic rings. The molecule has 2 saturated heterocycles. The molecule has 3 rings (SSSR count). The van der Waals surface area contributed by atoms with Crippen molar-refractivity contribution in [1.29, 1.82) is 0 Å². The van der Waals surface area contributed by atoms with E-state index >= 15 is 0 Å². The van der Waals surface area contributed by atoms with Crippen LogP contribution in [-0.4, -0.2) is 37.7 Å². The first-order valence-corrected chi connectivity index (χ1v) is 8.15. The number of hydrogen-bond donors (Lipinski definition) is 0. The van der Waals surface area contributed by atoms with Gasteiger partial charge in [0.15, 0.2) is 0 Å². The summed E-state index contributed by atoms with van der Waals surface area (Å²) in [4.78, 5) is 2.56. The van der Waals surface area contributed by atoms with Gasteiger partial charge in [0, 0.05) is 19.7 Å². The van der Waals surface area contributed by atoms with Crippen LogP contribution in [0.4, 0.5) is 0 Å². The lowest BCUT2D eigenvalue weighted by Gasteiger charge is -2.30. The lowest BCUT2D eigenvalue weighted by molar-refractivity contribution is 0.00326. The van der Waals surface area contributed by atoms with Gasteiger partial charge in [-0.25, -0.2) is 0 Å². The smallest absolute Gasteiger partial charge is 0.0606 e. The van der Waals surface area contributed by atoms with Crippen LogP contribution in [0.5, 0.6) is 0 Å². The topological polar surface area (TPSA) is 12.5 Å². The Bertz CT molecular complexity index is 268. The molecule has 1 saturated carbocycles. The van der Waals surface area contributed by atoms with E-state index in [4.69, 9.17) is 4.74 Å². The molecule has 2 heteroatoms. The molecule has 0 N–H and O–H groups in total. The molecule has 3 aliphatic rings. The fraction of sp³-hybridized carbons (Fsp3) is 1.00. The van der Waals surface area contributed by atoms with Crippen LogP contribution < -0.4 is 0 Å². The number of rotatable bonds is 0. The van der Waals surface area contributed by atoms with Gasteiger partial charge in [-0.3, -0.25) is 0 Å². The summed E-state index contributed by atoms with van der Waals surface area (Å²) < 4.78 is 6.25. The zero-order chi connectivity index (χ0) is 12.4. The van der Waals surface area contributed by atoms with Crippen molar-refractivity contribution in [2.75, 3.05) is 26.7 Å². The van der Waals surface area contributed by atoms with E-state index in [0.717, 1.165) is 24.4 Å². The standard InChI is InChI=1S/C16H29NO/c1-17-11-13-9-10-18-16-8-6-4-2-3-5-7-14(16)15(13)12-17/h13-16H,2-12H2,1H3. The van der Waals surface area contributed by atoms with E-state index in [1.54, 1.807) is 0 Å². The highest BCUT2D eigenvalue weighted by atomic mass is 16.5. The Morgan fingerprint density at radius 2 is 1.61 bits per heavy atom. The van der Waals surface area contributed by atoms with Crippen LogP contribution in [0.15, 0.2) is 0 Å². The Labute approximate surface area is 112 Å². The average Bonchev–Trinajstić information content (AvgIpc) is 2.70. The molecule has 3 fully saturated rings. The molecule has 2 heterocycles. The van der Waals surface area contributed by atoms with Crippen molar-refractivity contribution in [3.63, 3.8) is 0 Å². The van der Waals surface area contributed by atoms with E-state index in [1.165, 1.54) is 64.5 Å². The Hall–Kier alpha value is -0.0800. The third-order valence-electron chi connectivity index (χ3n) is 5.55. The van der Waals surface area contributed by atoms with Crippen molar-refractivity contribution in [3.8, 4) is 0 Å². The molecule has 4 atom stereocenters. The molecule has 0 radical (unpaired) electrons. The van der Waals surface area contributed by atoms with Gasteiger partial charge in [0.1, 0.15) is 0 Å². The van der Waals surface area contributed by atoms with E-state index in [2.05, 4.69) is 11.9 Å². The third-order valence-corrected chi connectivity index (χ3v) is 5.55. The van der Waals surface area contributed by atoms with Crippen LogP contribution in [0.25, 0.3) is 0 Å². The second-order valence-electron chi connectivity index (χ2n) is 6.85. The van der Waals surface area contributed by atoms with Gasteiger partial charge in [-0.05, 0) is 44.1 Å². The SMILES string of the molecule is CN1CC2CCOC3CCCCCCCC3C2C1. The number of nitrogens with zero attached hydrogens (tertiary/aromatic N) is 1. The van der Waals surface area contributed by atoms with Crippen molar-refractivity contribution in [2.24, 2.45) is 17.8 Å².